The minimum absolute atomic E-state index is 0.190. The van der Waals surface area contributed by atoms with E-state index in [0.717, 1.165) is 11.1 Å². The van der Waals surface area contributed by atoms with Crippen molar-refractivity contribution >= 4 is 10.0 Å². The highest BCUT2D eigenvalue weighted by Gasteiger charge is 2.23. The van der Waals surface area contributed by atoms with Crippen LogP contribution in [0.4, 0.5) is 4.39 Å². The molecule has 0 bridgehead atoms. The number of halogens is 1. The van der Waals surface area contributed by atoms with Gasteiger partial charge in [-0.1, -0.05) is 54.6 Å². The summed E-state index contributed by atoms with van der Waals surface area (Å²) in [6.45, 7) is 1.92. The minimum Gasteiger partial charge on any atom is -0.207 e. The average molecular weight is 355 g/mol. The fraction of sp³-hybridized carbons (Fsp3) is 0.100. The summed E-state index contributed by atoms with van der Waals surface area (Å²) in [6.07, 6.45) is 0. The zero-order chi connectivity index (χ0) is 17.9. The van der Waals surface area contributed by atoms with Gasteiger partial charge in [0.05, 0.1) is 10.9 Å². The molecule has 1 N–H and O–H groups in total. The molecule has 0 spiro atoms. The molecule has 0 aliphatic carbocycles. The fourth-order valence-corrected chi connectivity index (χ4v) is 3.92. The van der Waals surface area contributed by atoms with Crippen LogP contribution >= 0.6 is 0 Å². The Morgan fingerprint density at radius 3 is 2.08 bits per heavy atom. The number of rotatable bonds is 5. The summed E-state index contributed by atoms with van der Waals surface area (Å²) in [5.74, 6) is -0.363. The van der Waals surface area contributed by atoms with E-state index in [2.05, 4.69) is 4.72 Å². The molecule has 3 rings (SSSR count). The van der Waals surface area contributed by atoms with E-state index in [0.29, 0.717) is 5.56 Å². The Hall–Kier alpha value is -2.50. The quantitative estimate of drug-likeness (QED) is 0.745. The van der Waals surface area contributed by atoms with Gasteiger partial charge in [0.1, 0.15) is 5.82 Å². The molecule has 1 unspecified atom stereocenters. The Bertz CT molecular complexity index is 955. The Morgan fingerprint density at radius 1 is 0.840 bits per heavy atom. The average Bonchev–Trinajstić information content (AvgIpc) is 2.62. The van der Waals surface area contributed by atoms with Gasteiger partial charge < -0.3 is 0 Å². The summed E-state index contributed by atoms with van der Waals surface area (Å²) in [4.78, 5) is 0.190. The lowest BCUT2D eigenvalue weighted by molar-refractivity contribution is 0.571. The molecule has 0 saturated heterocycles. The zero-order valence-corrected chi connectivity index (χ0v) is 14.5. The molecule has 3 aromatic carbocycles. The third-order valence-corrected chi connectivity index (χ3v) is 5.47. The predicted molar refractivity (Wildman–Crippen MR) is 96.2 cm³/mol. The van der Waals surface area contributed by atoms with Crippen molar-refractivity contribution in [1.29, 1.82) is 0 Å². The van der Waals surface area contributed by atoms with Crippen LogP contribution in [0.25, 0.3) is 0 Å². The molecular formula is C20H18FNO2S. The highest BCUT2D eigenvalue weighted by Crippen LogP contribution is 2.27. The zero-order valence-electron chi connectivity index (χ0n) is 13.7. The third-order valence-electron chi connectivity index (χ3n) is 4.03. The normalized spacial score (nSPS) is 12.7. The largest absolute Gasteiger partial charge is 0.241 e. The Labute approximate surface area is 147 Å². The molecule has 0 heterocycles. The van der Waals surface area contributed by atoms with Gasteiger partial charge in [0.2, 0.25) is 10.0 Å². The van der Waals surface area contributed by atoms with Crippen molar-refractivity contribution in [3.05, 3.63) is 101 Å². The van der Waals surface area contributed by atoms with Crippen LogP contribution in [-0.2, 0) is 10.0 Å². The molecule has 0 aliphatic rings. The van der Waals surface area contributed by atoms with Crippen LogP contribution < -0.4 is 4.72 Å². The lowest BCUT2D eigenvalue weighted by Gasteiger charge is -2.21. The maximum Gasteiger partial charge on any atom is 0.241 e. The van der Waals surface area contributed by atoms with Crippen LogP contribution in [0, 0.1) is 12.7 Å². The van der Waals surface area contributed by atoms with Gasteiger partial charge in [-0.15, -0.1) is 0 Å². The second-order valence-electron chi connectivity index (χ2n) is 5.78. The highest BCUT2D eigenvalue weighted by atomic mass is 32.2. The van der Waals surface area contributed by atoms with Gasteiger partial charge in [0.15, 0.2) is 0 Å². The summed E-state index contributed by atoms with van der Waals surface area (Å²) >= 11 is 0. The number of aryl methyl sites for hydroxylation is 1. The monoisotopic (exact) mass is 355 g/mol. The summed E-state index contributed by atoms with van der Waals surface area (Å²) in [6, 6.07) is 21.0. The van der Waals surface area contributed by atoms with Crippen LogP contribution in [0.3, 0.4) is 0 Å². The van der Waals surface area contributed by atoms with Crippen LogP contribution in [0.15, 0.2) is 83.8 Å². The lowest BCUT2D eigenvalue weighted by Crippen LogP contribution is -2.30. The van der Waals surface area contributed by atoms with Crippen molar-refractivity contribution in [2.45, 2.75) is 17.9 Å². The van der Waals surface area contributed by atoms with Crippen molar-refractivity contribution in [3.63, 3.8) is 0 Å². The molecule has 0 aromatic heterocycles. The Morgan fingerprint density at radius 2 is 1.44 bits per heavy atom. The first kappa shape index (κ1) is 17.3. The first-order valence-electron chi connectivity index (χ1n) is 7.86. The van der Waals surface area contributed by atoms with Gasteiger partial charge in [-0.2, -0.15) is 4.72 Å². The van der Waals surface area contributed by atoms with Gasteiger partial charge in [-0.05, 0) is 47.9 Å². The molecule has 3 nitrogen and oxygen atoms in total. The molecule has 0 saturated carbocycles. The molecule has 1 atom stereocenters. The summed E-state index contributed by atoms with van der Waals surface area (Å²) in [5.41, 5.74) is 2.46. The number of sulfonamides is 1. The third kappa shape index (κ3) is 3.95. The van der Waals surface area contributed by atoms with Crippen LogP contribution in [0.2, 0.25) is 0 Å². The van der Waals surface area contributed by atoms with Crippen molar-refractivity contribution in [3.8, 4) is 0 Å². The topological polar surface area (TPSA) is 46.2 Å². The standard InChI is InChI=1S/C20H18FNO2S/c1-15-7-5-6-10-19(15)20(16-11-13-17(21)14-12-16)22-25(23,24)18-8-3-2-4-9-18/h2-14,20,22H,1H3. The van der Waals surface area contributed by atoms with Crippen LogP contribution in [0.5, 0.6) is 0 Å². The van der Waals surface area contributed by atoms with Crippen LogP contribution in [0.1, 0.15) is 22.7 Å². The maximum atomic E-state index is 13.3. The summed E-state index contributed by atoms with van der Waals surface area (Å²) in [5, 5.41) is 0. The predicted octanol–water partition coefficient (Wildman–Crippen LogP) is 4.20. The smallest absolute Gasteiger partial charge is 0.207 e. The van der Waals surface area contributed by atoms with Crippen molar-refractivity contribution in [2.24, 2.45) is 0 Å². The van der Waals surface area contributed by atoms with E-state index < -0.39 is 16.1 Å². The van der Waals surface area contributed by atoms with E-state index in [1.807, 2.05) is 31.2 Å². The van der Waals surface area contributed by atoms with E-state index in [1.165, 1.54) is 12.1 Å². The molecule has 128 valence electrons. The van der Waals surface area contributed by atoms with Gasteiger partial charge in [-0.25, -0.2) is 12.8 Å². The van der Waals surface area contributed by atoms with Gasteiger partial charge in [-0.3, -0.25) is 0 Å². The Balaban J connectivity index is 2.06. The first-order chi connectivity index (χ1) is 12.0. The van der Waals surface area contributed by atoms with E-state index >= 15 is 0 Å². The number of nitrogens with one attached hydrogen (secondary N) is 1. The SMILES string of the molecule is Cc1ccccc1C(NS(=O)(=O)c1ccccc1)c1ccc(F)cc1. The molecule has 3 aromatic rings. The first-order valence-corrected chi connectivity index (χ1v) is 9.34. The summed E-state index contributed by atoms with van der Waals surface area (Å²) < 4.78 is 41.6. The van der Waals surface area contributed by atoms with Crippen molar-refractivity contribution in [1.82, 2.24) is 4.72 Å². The van der Waals surface area contributed by atoms with E-state index in [1.54, 1.807) is 42.5 Å². The number of hydrogen-bond donors (Lipinski definition) is 1. The number of benzene rings is 3. The molecule has 25 heavy (non-hydrogen) atoms. The second kappa shape index (κ2) is 7.17. The molecule has 5 heteroatoms. The molecule has 0 amide bonds. The van der Waals surface area contributed by atoms with E-state index in [-0.39, 0.29) is 10.7 Å². The van der Waals surface area contributed by atoms with Crippen molar-refractivity contribution < 1.29 is 12.8 Å². The van der Waals surface area contributed by atoms with Gasteiger partial charge in [0.25, 0.3) is 0 Å². The number of hydrogen-bond acceptors (Lipinski definition) is 2. The van der Waals surface area contributed by atoms with E-state index in [9.17, 15) is 12.8 Å². The van der Waals surface area contributed by atoms with Gasteiger partial charge in [0, 0.05) is 0 Å². The second-order valence-corrected chi connectivity index (χ2v) is 7.49. The molecule has 0 radical (unpaired) electrons. The highest BCUT2D eigenvalue weighted by molar-refractivity contribution is 7.89. The molecular weight excluding hydrogens is 337 g/mol. The lowest BCUT2D eigenvalue weighted by atomic mass is 9.96. The van der Waals surface area contributed by atoms with Crippen molar-refractivity contribution in [2.75, 3.05) is 0 Å². The maximum absolute atomic E-state index is 13.3. The van der Waals surface area contributed by atoms with E-state index in [4.69, 9.17) is 0 Å². The fourth-order valence-electron chi connectivity index (χ4n) is 2.70. The molecule has 0 fully saturated rings. The van der Waals surface area contributed by atoms with Crippen LogP contribution in [-0.4, -0.2) is 8.42 Å². The minimum atomic E-state index is -3.73. The summed E-state index contributed by atoms with van der Waals surface area (Å²) in [7, 11) is -3.73. The molecule has 0 aliphatic heterocycles. The Kier molecular flexibility index (Phi) is 4.97. The van der Waals surface area contributed by atoms with Gasteiger partial charge >= 0.3 is 0 Å².